The molecule has 222 valence electrons. The van der Waals surface area contributed by atoms with Gasteiger partial charge in [0.25, 0.3) is 0 Å². The average Bonchev–Trinajstić information content (AvgIpc) is 3.06. The van der Waals surface area contributed by atoms with Crippen LogP contribution < -0.4 is 30.1 Å². The van der Waals surface area contributed by atoms with Crippen LogP contribution in [0, 0.1) is 20.8 Å². The van der Waals surface area contributed by atoms with E-state index in [4.69, 9.17) is 4.74 Å². The normalized spacial score (nSPS) is 15.5. The van der Waals surface area contributed by atoms with Gasteiger partial charge in [-0.25, -0.2) is 0 Å². The zero-order valence-electron chi connectivity index (χ0n) is 26.4. The molecule has 3 aliphatic rings. The Balaban J connectivity index is 1.38. The second-order valence-corrected chi connectivity index (χ2v) is 17.9. The number of hydrogen-bond acceptors (Lipinski definition) is 3. The van der Waals surface area contributed by atoms with E-state index in [1.807, 2.05) is 0 Å². The van der Waals surface area contributed by atoms with E-state index in [9.17, 15) is 0 Å². The van der Waals surface area contributed by atoms with Crippen LogP contribution in [0.15, 0.2) is 121 Å². The first-order valence-electron chi connectivity index (χ1n) is 16.3. The van der Waals surface area contributed by atoms with E-state index >= 15 is 0 Å². The van der Waals surface area contributed by atoms with E-state index in [0.29, 0.717) is 0 Å². The fourth-order valence-electron chi connectivity index (χ4n) is 9.10. The van der Waals surface area contributed by atoms with Crippen molar-refractivity contribution in [2.45, 2.75) is 27.3 Å². The van der Waals surface area contributed by atoms with Crippen LogP contribution in [0.3, 0.4) is 0 Å². The van der Waals surface area contributed by atoms with Crippen LogP contribution in [-0.2, 0) is 0 Å². The summed E-state index contributed by atoms with van der Waals surface area (Å²) in [6.07, 6.45) is 0. The van der Waals surface area contributed by atoms with Gasteiger partial charge in [0.2, 0.25) is 0 Å². The summed E-state index contributed by atoms with van der Waals surface area (Å²) >= 11 is 0. The van der Waals surface area contributed by atoms with E-state index in [-0.39, 0.29) is 0 Å². The molecular weight excluding hydrogens is 577 g/mol. The maximum atomic E-state index is 6.91. The molecule has 0 radical (unpaired) electrons. The molecule has 0 unspecified atom stereocenters. The monoisotopic (exact) mass is 609 g/mol. The van der Waals surface area contributed by atoms with Crippen LogP contribution in [-0.4, -0.2) is 8.07 Å². The quantitative estimate of drug-likeness (QED) is 0.182. The molecule has 0 saturated heterocycles. The Morgan fingerprint density at radius 2 is 0.891 bits per heavy atom. The molecule has 10 rings (SSSR count). The number of benzene rings is 7. The topological polar surface area (TPSA) is 15.7 Å². The molecule has 3 aliphatic heterocycles. The Morgan fingerprint density at radius 1 is 0.435 bits per heavy atom. The van der Waals surface area contributed by atoms with Crippen LogP contribution >= 0.6 is 0 Å². The Hall–Kier alpha value is -5.32. The molecule has 0 fully saturated rings. The third-order valence-corrected chi connectivity index (χ3v) is 16.2. The summed E-state index contributed by atoms with van der Waals surface area (Å²) in [5.41, 5.74) is 11.3. The molecule has 0 amide bonds. The average molecular weight is 610 g/mol. The van der Waals surface area contributed by atoms with Gasteiger partial charge in [-0.15, -0.1) is 0 Å². The molecule has 46 heavy (non-hydrogen) atoms. The van der Waals surface area contributed by atoms with Gasteiger partial charge in [-0.1, -0.05) is 0 Å². The van der Waals surface area contributed by atoms with Crippen LogP contribution in [0.25, 0.3) is 21.5 Å². The zero-order chi connectivity index (χ0) is 30.9. The number of anilines is 6. The minimum absolute atomic E-state index is 1.00. The number of ether oxygens (including phenoxy) is 1. The molecule has 4 heteroatoms. The molecule has 3 nitrogen and oxygen atoms in total. The van der Waals surface area contributed by atoms with Crippen molar-refractivity contribution in [1.82, 2.24) is 0 Å². The summed E-state index contributed by atoms with van der Waals surface area (Å²) in [7, 11) is -2.97. The van der Waals surface area contributed by atoms with Crippen molar-refractivity contribution >= 4 is 79.3 Å². The standard InChI is InChI=1S/C42H33N2OSi/c1-25-23-36-40-37(24-25)44(33-22-20-27(3)29-12-6-8-14-31(29)33)35-16-10-18-39-42(35)46(40,4)41-34(15-9-17-38(41)45-39)43(36)32-21-19-26(2)28-11-5-7-13-30(28)32/h5-24,46H,1-4H3/q-1. The summed E-state index contributed by atoms with van der Waals surface area (Å²) in [5.74, 6) is 2.00. The van der Waals surface area contributed by atoms with E-state index < -0.39 is 8.07 Å². The minimum atomic E-state index is -2.97. The molecule has 7 aromatic rings. The van der Waals surface area contributed by atoms with E-state index in [0.717, 1.165) is 11.5 Å². The van der Waals surface area contributed by atoms with Crippen molar-refractivity contribution in [3.05, 3.63) is 138 Å². The Bertz CT molecular complexity index is 2320. The predicted octanol–water partition coefficient (Wildman–Crippen LogP) is 9.42. The number of fused-ring (bicyclic) bond motifs is 2. The Kier molecular flexibility index (Phi) is 5.02. The van der Waals surface area contributed by atoms with E-state index in [2.05, 4.69) is 158 Å². The van der Waals surface area contributed by atoms with Gasteiger partial charge in [-0.2, -0.15) is 0 Å². The van der Waals surface area contributed by atoms with Crippen molar-refractivity contribution < 1.29 is 4.74 Å². The second kappa shape index (κ2) is 8.90. The number of nitrogens with zero attached hydrogens (tertiary/aromatic N) is 2. The summed E-state index contributed by atoms with van der Waals surface area (Å²) in [4.78, 5) is 5.09. The fourth-order valence-corrected chi connectivity index (χ4v) is 14.7. The van der Waals surface area contributed by atoms with Crippen molar-refractivity contribution in [2.75, 3.05) is 9.80 Å². The molecule has 0 aliphatic carbocycles. The van der Waals surface area contributed by atoms with Crippen molar-refractivity contribution in [3.8, 4) is 11.5 Å². The molecular formula is C42H33N2OSi-. The summed E-state index contributed by atoms with van der Waals surface area (Å²) < 4.78 is 6.91. The zero-order valence-corrected chi connectivity index (χ0v) is 27.6. The molecule has 0 bridgehead atoms. The molecule has 0 N–H and O–H groups in total. The number of rotatable bonds is 2. The predicted molar refractivity (Wildman–Crippen MR) is 197 cm³/mol. The summed E-state index contributed by atoms with van der Waals surface area (Å²) in [6.45, 7) is 9.26. The number of hydrogen-bond donors (Lipinski definition) is 0. The molecule has 0 spiro atoms. The van der Waals surface area contributed by atoms with Crippen molar-refractivity contribution in [3.63, 3.8) is 0 Å². The maximum absolute atomic E-state index is 6.91. The molecule has 0 aromatic heterocycles. The number of aryl methyl sites for hydroxylation is 3. The SMILES string of the molecule is Cc1cc2c3c(c1)N(c1ccc(C)c4ccccc14)c1cccc4c1[SiH-]3(C)c1c(cccc1N2c1ccc(C)c2ccccc12)O4. The van der Waals surface area contributed by atoms with Gasteiger partial charge in [0.05, 0.1) is 0 Å². The van der Waals surface area contributed by atoms with Crippen molar-refractivity contribution in [1.29, 1.82) is 0 Å². The van der Waals surface area contributed by atoms with Crippen LogP contribution in [0.5, 0.6) is 11.5 Å². The van der Waals surface area contributed by atoms with Gasteiger partial charge in [0, 0.05) is 0 Å². The van der Waals surface area contributed by atoms with Gasteiger partial charge in [0.1, 0.15) is 0 Å². The van der Waals surface area contributed by atoms with Gasteiger partial charge in [-0.05, 0) is 0 Å². The van der Waals surface area contributed by atoms with Gasteiger partial charge in [-0.3, -0.25) is 0 Å². The third kappa shape index (κ3) is 3.12. The van der Waals surface area contributed by atoms with Gasteiger partial charge >= 0.3 is 271 Å². The second-order valence-electron chi connectivity index (χ2n) is 13.6. The first kappa shape index (κ1) is 25.9. The third-order valence-electron chi connectivity index (χ3n) is 11.0. The molecule has 0 atom stereocenters. The van der Waals surface area contributed by atoms with Crippen molar-refractivity contribution in [2.24, 2.45) is 0 Å². The molecule has 0 saturated carbocycles. The first-order chi connectivity index (χ1) is 22.4. The first-order valence-corrected chi connectivity index (χ1v) is 19.2. The van der Waals surface area contributed by atoms with Gasteiger partial charge in [0.15, 0.2) is 0 Å². The van der Waals surface area contributed by atoms with E-state index in [1.165, 1.54) is 87.9 Å². The van der Waals surface area contributed by atoms with E-state index in [1.54, 1.807) is 0 Å². The summed E-state index contributed by atoms with van der Waals surface area (Å²) in [5, 5.41) is 9.37. The van der Waals surface area contributed by atoms with Crippen LogP contribution in [0.4, 0.5) is 34.1 Å². The molecule has 3 heterocycles. The Labute approximate surface area is 269 Å². The van der Waals surface area contributed by atoms with Gasteiger partial charge < -0.3 is 0 Å². The van der Waals surface area contributed by atoms with Crippen LogP contribution in [0.1, 0.15) is 16.7 Å². The molecule has 7 aromatic carbocycles. The fraction of sp³-hybridized carbons (Fsp3) is 0.0952. The Morgan fingerprint density at radius 3 is 1.37 bits per heavy atom. The summed E-state index contributed by atoms with van der Waals surface area (Å²) in [6, 6.07) is 45.1. The van der Waals surface area contributed by atoms with Crippen LogP contribution in [0.2, 0.25) is 6.55 Å².